The molecule has 0 amide bonds. The summed E-state index contributed by atoms with van der Waals surface area (Å²) >= 11 is 0. The molecule has 0 bridgehead atoms. The van der Waals surface area contributed by atoms with Crippen molar-refractivity contribution < 1.29 is 0 Å². The number of rotatable bonds is 0. The van der Waals surface area contributed by atoms with Crippen LogP contribution in [0.3, 0.4) is 0 Å². The Labute approximate surface area is 83.2 Å². The summed E-state index contributed by atoms with van der Waals surface area (Å²) in [6, 6.07) is 13.6. The largest absolute Gasteiger partial charge is 0.147 e. The number of fused-ring (bicyclic) bond motifs is 2. The SMILES string of the molecule is [C+]1=CC=Cc2cc3ccc[c-]c3cc21. The molecule has 2 aromatic rings. The van der Waals surface area contributed by atoms with Crippen molar-refractivity contribution in [2.24, 2.45) is 0 Å². The maximum Gasteiger partial charge on any atom is 0.0745 e. The molecule has 0 heterocycles. The summed E-state index contributed by atoms with van der Waals surface area (Å²) in [5.74, 6) is 0. The maximum absolute atomic E-state index is 3.22. The smallest absolute Gasteiger partial charge is 0.0745 e. The van der Waals surface area contributed by atoms with Gasteiger partial charge in [-0.25, -0.2) is 0 Å². The Morgan fingerprint density at radius 1 is 1.21 bits per heavy atom. The van der Waals surface area contributed by atoms with Gasteiger partial charge in [0, 0.05) is 17.7 Å². The molecule has 0 atom stereocenters. The molecule has 2 aromatic carbocycles. The van der Waals surface area contributed by atoms with E-state index in [2.05, 4.69) is 36.4 Å². The second-order valence-electron chi connectivity index (χ2n) is 3.37. The molecule has 14 heavy (non-hydrogen) atoms. The van der Waals surface area contributed by atoms with E-state index in [-0.39, 0.29) is 0 Å². The van der Waals surface area contributed by atoms with E-state index >= 15 is 0 Å². The first kappa shape index (κ1) is 7.49. The van der Waals surface area contributed by atoms with Crippen molar-refractivity contribution in [1.82, 2.24) is 0 Å². The Bertz CT molecular complexity index is 494. The van der Waals surface area contributed by atoms with Crippen LogP contribution in [-0.2, 0) is 0 Å². The lowest BCUT2D eigenvalue weighted by Gasteiger charge is -2.07. The lowest BCUT2D eigenvalue weighted by molar-refractivity contribution is 1.54. The zero-order valence-corrected chi connectivity index (χ0v) is 7.62. The van der Waals surface area contributed by atoms with E-state index in [9.17, 15) is 0 Å². The minimum absolute atomic E-state index is 1.16. The molecule has 0 unspecified atom stereocenters. The van der Waals surface area contributed by atoms with Crippen LogP contribution in [0, 0.1) is 12.1 Å². The minimum atomic E-state index is 1.16. The van der Waals surface area contributed by atoms with Crippen LogP contribution in [0.4, 0.5) is 0 Å². The molecule has 0 saturated carbocycles. The van der Waals surface area contributed by atoms with Crippen molar-refractivity contribution in [2.75, 3.05) is 0 Å². The molecule has 0 spiro atoms. The van der Waals surface area contributed by atoms with Gasteiger partial charge in [0.05, 0.1) is 11.6 Å². The fraction of sp³-hybridized carbons (Fsp3) is 0. The van der Waals surface area contributed by atoms with Gasteiger partial charge < -0.3 is 0 Å². The van der Waals surface area contributed by atoms with Gasteiger partial charge in [-0.3, -0.25) is 0 Å². The Balaban J connectivity index is 2.40. The summed E-state index contributed by atoms with van der Waals surface area (Å²) in [7, 11) is 0. The summed E-state index contributed by atoms with van der Waals surface area (Å²) in [5, 5.41) is 2.39. The third-order valence-corrected chi connectivity index (χ3v) is 2.44. The van der Waals surface area contributed by atoms with Crippen molar-refractivity contribution in [2.45, 2.75) is 0 Å². The maximum atomic E-state index is 3.22. The highest BCUT2D eigenvalue weighted by Crippen LogP contribution is 2.22. The first-order chi connectivity index (χ1) is 6.93. The van der Waals surface area contributed by atoms with Crippen LogP contribution in [0.2, 0.25) is 0 Å². The predicted molar refractivity (Wildman–Crippen MR) is 58.7 cm³/mol. The fourth-order valence-corrected chi connectivity index (χ4v) is 1.74. The highest BCUT2D eigenvalue weighted by molar-refractivity contribution is 5.86. The van der Waals surface area contributed by atoms with Crippen LogP contribution in [0.1, 0.15) is 11.1 Å². The molecule has 1 aliphatic carbocycles. The Kier molecular flexibility index (Phi) is 1.50. The van der Waals surface area contributed by atoms with Crippen molar-refractivity contribution in [1.29, 1.82) is 0 Å². The second-order valence-corrected chi connectivity index (χ2v) is 3.37. The zero-order valence-electron chi connectivity index (χ0n) is 7.62. The number of hydrogen-bond acceptors (Lipinski definition) is 0. The lowest BCUT2D eigenvalue weighted by atomic mass is 9.98. The van der Waals surface area contributed by atoms with Gasteiger partial charge in [-0.05, 0) is 12.1 Å². The van der Waals surface area contributed by atoms with Gasteiger partial charge in [-0.2, -0.15) is 0 Å². The molecule has 1 aliphatic rings. The van der Waals surface area contributed by atoms with Crippen molar-refractivity contribution in [3.8, 4) is 0 Å². The molecule has 0 heteroatoms. The topological polar surface area (TPSA) is 0 Å². The van der Waals surface area contributed by atoms with E-state index in [1.807, 2.05) is 24.3 Å². The number of benzene rings is 2. The highest BCUT2D eigenvalue weighted by Gasteiger charge is 2.03. The molecular weight excluding hydrogens is 168 g/mol. The molecule has 0 aromatic heterocycles. The average molecular weight is 176 g/mol. The van der Waals surface area contributed by atoms with Gasteiger partial charge >= 0.3 is 0 Å². The van der Waals surface area contributed by atoms with E-state index < -0.39 is 0 Å². The average Bonchev–Trinajstić information content (AvgIpc) is 2.26. The summed E-state index contributed by atoms with van der Waals surface area (Å²) in [6.45, 7) is 0. The molecule has 3 rings (SSSR count). The molecule has 0 fully saturated rings. The summed E-state index contributed by atoms with van der Waals surface area (Å²) < 4.78 is 0. The summed E-state index contributed by atoms with van der Waals surface area (Å²) in [4.78, 5) is 0. The van der Waals surface area contributed by atoms with Crippen molar-refractivity contribution >= 4 is 16.8 Å². The first-order valence-electron chi connectivity index (χ1n) is 4.64. The monoisotopic (exact) mass is 176 g/mol. The summed E-state index contributed by atoms with van der Waals surface area (Å²) in [5.41, 5.74) is 2.39. The van der Waals surface area contributed by atoms with Crippen LogP contribution in [0.25, 0.3) is 16.8 Å². The lowest BCUT2D eigenvalue weighted by Crippen LogP contribution is -1.86. The quantitative estimate of drug-likeness (QED) is 0.540. The Morgan fingerprint density at radius 2 is 2.21 bits per heavy atom. The minimum Gasteiger partial charge on any atom is -0.147 e. The van der Waals surface area contributed by atoms with Crippen LogP contribution in [0.15, 0.2) is 42.5 Å². The van der Waals surface area contributed by atoms with E-state index in [0.29, 0.717) is 0 Å². The van der Waals surface area contributed by atoms with Crippen LogP contribution in [0.5, 0.6) is 0 Å². The van der Waals surface area contributed by atoms with Gasteiger partial charge in [0.15, 0.2) is 0 Å². The second kappa shape index (κ2) is 2.80. The molecular formula is C14H8. The predicted octanol–water partition coefficient (Wildman–Crippen LogP) is 3.37. The van der Waals surface area contributed by atoms with Gasteiger partial charge in [-0.1, -0.05) is 11.5 Å². The fourth-order valence-electron chi connectivity index (χ4n) is 1.74. The van der Waals surface area contributed by atoms with E-state index in [1.54, 1.807) is 0 Å². The number of allylic oxidation sites excluding steroid dienone is 2. The first-order valence-corrected chi connectivity index (χ1v) is 4.64. The molecule has 0 radical (unpaired) electrons. The molecule has 64 valence electrons. The molecule has 0 saturated heterocycles. The Morgan fingerprint density at radius 3 is 3.21 bits per heavy atom. The summed E-state index contributed by atoms with van der Waals surface area (Å²) in [6.07, 6.45) is 9.29. The zero-order chi connectivity index (χ0) is 9.38. The normalized spacial score (nSPS) is 12.6. The molecule has 0 aliphatic heterocycles. The van der Waals surface area contributed by atoms with Gasteiger partial charge in [0.2, 0.25) is 0 Å². The van der Waals surface area contributed by atoms with Crippen molar-refractivity contribution in [3.05, 3.63) is 65.8 Å². The highest BCUT2D eigenvalue weighted by atomic mass is 14.1. The van der Waals surface area contributed by atoms with Crippen LogP contribution < -0.4 is 0 Å². The van der Waals surface area contributed by atoms with E-state index in [4.69, 9.17) is 0 Å². The van der Waals surface area contributed by atoms with Crippen molar-refractivity contribution in [3.63, 3.8) is 0 Å². The van der Waals surface area contributed by atoms with Gasteiger partial charge in [0.1, 0.15) is 0 Å². The Hall–Kier alpha value is -1.91. The number of hydrogen-bond donors (Lipinski definition) is 0. The van der Waals surface area contributed by atoms with E-state index in [0.717, 1.165) is 10.9 Å². The third-order valence-electron chi connectivity index (χ3n) is 2.44. The van der Waals surface area contributed by atoms with Gasteiger partial charge in [-0.15, -0.1) is 29.7 Å². The molecule has 0 N–H and O–H groups in total. The van der Waals surface area contributed by atoms with E-state index in [1.165, 1.54) is 10.9 Å². The van der Waals surface area contributed by atoms with Crippen LogP contribution in [-0.4, -0.2) is 0 Å². The van der Waals surface area contributed by atoms with Gasteiger partial charge in [0.25, 0.3) is 0 Å². The van der Waals surface area contributed by atoms with Crippen LogP contribution >= 0.6 is 0 Å². The molecule has 0 nitrogen and oxygen atoms in total. The standard InChI is InChI=1S/C14H8/c1-2-6-12-10-14-8-4-3-7-13(14)9-11(12)5-1/h1-5,7,9-10H. The third kappa shape index (κ3) is 1.06.